The van der Waals surface area contributed by atoms with E-state index in [1.807, 2.05) is 0 Å². The molecule has 0 aromatic rings. The lowest BCUT2D eigenvalue weighted by Gasteiger charge is -2.26. The molecule has 1 atom stereocenters. The average Bonchev–Trinajstić information content (AvgIpc) is 2.19. The number of carbonyl (C=O) groups is 1. The number of unbranched alkanes of at least 4 members (excludes halogenated alkanes) is 1. The second-order valence-electron chi connectivity index (χ2n) is 4.02. The highest BCUT2D eigenvalue weighted by Gasteiger charge is 2.29. The predicted molar refractivity (Wildman–Crippen MR) is 63.4 cm³/mol. The highest BCUT2D eigenvalue weighted by molar-refractivity contribution is 7.80. The molecule has 8 nitrogen and oxygen atoms in total. The third-order valence-corrected chi connectivity index (χ3v) is 2.54. The number of carboxylic acids is 1. The molecular weight excluding hydrogens is 266 g/mol. The van der Waals surface area contributed by atoms with Gasteiger partial charge in [0, 0.05) is 18.6 Å². The lowest BCUT2D eigenvalue weighted by molar-refractivity contribution is -0.315. The van der Waals surface area contributed by atoms with Crippen molar-refractivity contribution in [1.82, 2.24) is 5.32 Å². The Kier molecular flexibility index (Phi) is 7.07. The summed E-state index contributed by atoms with van der Waals surface area (Å²) in [5.74, 6) is -6.56. The number of hydrogen-bond acceptors (Lipinski definition) is 8. The van der Waals surface area contributed by atoms with Crippen molar-refractivity contribution in [1.29, 1.82) is 0 Å². The Morgan fingerprint density at radius 3 is 2.00 bits per heavy atom. The van der Waals surface area contributed by atoms with Crippen molar-refractivity contribution >= 4 is 18.6 Å². The quantitative estimate of drug-likeness (QED) is 0.135. The van der Waals surface area contributed by atoms with Crippen LogP contribution in [0.25, 0.3) is 0 Å². The van der Waals surface area contributed by atoms with E-state index in [4.69, 9.17) is 20.4 Å². The van der Waals surface area contributed by atoms with Gasteiger partial charge >= 0.3 is 5.97 Å². The van der Waals surface area contributed by atoms with Gasteiger partial charge in [0.1, 0.15) is 6.04 Å². The maximum atomic E-state index is 10.6. The minimum atomic E-state index is -2.78. The third-order valence-electron chi connectivity index (χ3n) is 2.17. The molecule has 0 spiro atoms. The predicted octanol–water partition coefficient (Wildman–Crippen LogP) is -2.21. The number of aliphatic hydroxyl groups is 5. The van der Waals surface area contributed by atoms with Gasteiger partial charge in [-0.1, -0.05) is 0 Å². The summed E-state index contributed by atoms with van der Waals surface area (Å²) in [7, 11) is 0. The molecule has 9 heteroatoms. The SMILES string of the molecule is O=C(O)C(CS)NC(O)(O)CCCCC(O)(O)O. The van der Waals surface area contributed by atoms with Gasteiger partial charge < -0.3 is 30.6 Å². The number of rotatable bonds is 9. The largest absolute Gasteiger partial charge is 0.480 e. The number of carboxylic acid groups (broad SMARTS) is 1. The number of thiol groups is 1. The van der Waals surface area contributed by atoms with E-state index in [0.29, 0.717) is 0 Å². The Bertz CT molecular complexity index is 266. The number of nitrogens with one attached hydrogen (secondary N) is 1. The van der Waals surface area contributed by atoms with E-state index in [0.717, 1.165) is 0 Å². The summed E-state index contributed by atoms with van der Waals surface area (Å²) in [4.78, 5) is 10.6. The van der Waals surface area contributed by atoms with Gasteiger partial charge in [-0.3, -0.25) is 10.1 Å². The molecule has 7 N–H and O–H groups in total. The van der Waals surface area contributed by atoms with Gasteiger partial charge in [-0.15, -0.1) is 0 Å². The standard InChI is InChI=1S/C9H19NO7S/c11-7(12)6(5-18)10-8(13,14)3-1-2-4-9(15,16)17/h6,10,13-18H,1-5H2,(H,11,12). The van der Waals surface area contributed by atoms with Gasteiger partial charge in [0.15, 0.2) is 0 Å². The van der Waals surface area contributed by atoms with E-state index in [1.54, 1.807) is 0 Å². The van der Waals surface area contributed by atoms with Crippen LogP contribution >= 0.6 is 12.6 Å². The zero-order chi connectivity index (χ0) is 14.4. The van der Waals surface area contributed by atoms with E-state index in [2.05, 4.69) is 17.9 Å². The van der Waals surface area contributed by atoms with E-state index in [-0.39, 0.29) is 31.4 Å². The molecule has 108 valence electrons. The monoisotopic (exact) mass is 285 g/mol. The van der Waals surface area contributed by atoms with Gasteiger partial charge in [0.2, 0.25) is 5.91 Å². The van der Waals surface area contributed by atoms with Gasteiger partial charge in [0.05, 0.1) is 0 Å². The fourth-order valence-corrected chi connectivity index (χ4v) is 1.52. The summed E-state index contributed by atoms with van der Waals surface area (Å²) in [6.45, 7) is 0. The van der Waals surface area contributed by atoms with Gasteiger partial charge in [0.25, 0.3) is 5.97 Å². The third kappa shape index (κ3) is 8.64. The van der Waals surface area contributed by atoms with Crippen molar-refractivity contribution in [3.8, 4) is 0 Å². The summed E-state index contributed by atoms with van der Waals surface area (Å²) >= 11 is 3.75. The second kappa shape index (κ2) is 7.24. The van der Waals surface area contributed by atoms with Crippen LogP contribution in [0.3, 0.4) is 0 Å². The second-order valence-corrected chi connectivity index (χ2v) is 4.38. The molecule has 0 fully saturated rings. The maximum absolute atomic E-state index is 10.6. The molecule has 0 aromatic heterocycles. The molecule has 0 radical (unpaired) electrons. The Labute approximate surface area is 109 Å². The summed E-state index contributed by atoms with van der Waals surface area (Å²) < 4.78 is 0. The lowest BCUT2D eigenvalue weighted by atomic mass is 10.1. The van der Waals surface area contributed by atoms with Crippen LogP contribution in [0.1, 0.15) is 25.7 Å². The first-order valence-electron chi connectivity index (χ1n) is 5.30. The minimum absolute atomic E-state index is 0.118. The Morgan fingerprint density at radius 1 is 1.11 bits per heavy atom. The normalized spacial score (nSPS) is 14.6. The molecule has 0 aliphatic rings. The Hall–Kier alpha value is -0.420. The summed E-state index contributed by atoms with van der Waals surface area (Å²) in [6, 6.07) is -1.21. The average molecular weight is 285 g/mol. The van der Waals surface area contributed by atoms with E-state index in [1.165, 1.54) is 0 Å². The highest BCUT2D eigenvalue weighted by atomic mass is 32.1. The maximum Gasteiger partial charge on any atom is 0.321 e. The van der Waals surface area contributed by atoms with Gasteiger partial charge in [-0.2, -0.15) is 12.6 Å². The summed E-state index contributed by atoms with van der Waals surface area (Å²) in [5.41, 5.74) is 0. The van der Waals surface area contributed by atoms with E-state index in [9.17, 15) is 15.0 Å². The van der Waals surface area contributed by atoms with Crippen molar-refractivity contribution in [2.45, 2.75) is 43.6 Å². The molecular formula is C9H19NO7S. The first-order valence-corrected chi connectivity index (χ1v) is 5.94. The van der Waals surface area contributed by atoms with Crippen molar-refractivity contribution in [3.63, 3.8) is 0 Å². The van der Waals surface area contributed by atoms with Crippen LogP contribution in [-0.2, 0) is 4.79 Å². The van der Waals surface area contributed by atoms with Crippen LogP contribution in [0.4, 0.5) is 0 Å². The minimum Gasteiger partial charge on any atom is -0.480 e. The van der Waals surface area contributed by atoms with Crippen LogP contribution in [0.5, 0.6) is 0 Å². The molecule has 0 heterocycles. The lowest BCUT2D eigenvalue weighted by Crippen LogP contribution is -2.54. The van der Waals surface area contributed by atoms with Gasteiger partial charge in [-0.05, 0) is 12.8 Å². The Balaban J connectivity index is 4.03. The van der Waals surface area contributed by atoms with Crippen LogP contribution in [0.15, 0.2) is 0 Å². The van der Waals surface area contributed by atoms with E-state index >= 15 is 0 Å². The molecule has 0 saturated heterocycles. The molecule has 1 unspecified atom stereocenters. The smallest absolute Gasteiger partial charge is 0.321 e. The molecule has 0 aliphatic carbocycles. The topological polar surface area (TPSA) is 150 Å². The molecule has 0 aliphatic heterocycles. The number of aliphatic carboxylic acids is 1. The van der Waals surface area contributed by atoms with Crippen molar-refractivity contribution < 1.29 is 35.4 Å². The fraction of sp³-hybridized carbons (Fsp3) is 0.889. The zero-order valence-electron chi connectivity index (χ0n) is 9.65. The number of hydrogen-bond donors (Lipinski definition) is 8. The summed E-state index contributed by atoms with van der Waals surface area (Å²) in [5, 5.41) is 55.4. The van der Waals surface area contributed by atoms with Gasteiger partial charge in [-0.25, -0.2) is 0 Å². The van der Waals surface area contributed by atoms with Crippen LogP contribution < -0.4 is 5.32 Å². The molecule has 18 heavy (non-hydrogen) atoms. The molecule has 0 bridgehead atoms. The fourth-order valence-electron chi connectivity index (χ4n) is 1.27. The Morgan fingerprint density at radius 2 is 1.61 bits per heavy atom. The molecule has 0 aromatic carbocycles. The van der Waals surface area contributed by atoms with Crippen molar-refractivity contribution in [2.75, 3.05) is 5.75 Å². The van der Waals surface area contributed by atoms with Crippen molar-refractivity contribution in [2.24, 2.45) is 0 Å². The van der Waals surface area contributed by atoms with Crippen LogP contribution in [0.2, 0.25) is 0 Å². The van der Waals surface area contributed by atoms with Crippen LogP contribution in [0, 0.1) is 0 Å². The molecule has 0 rings (SSSR count). The van der Waals surface area contributed by atoms with E-state index < -0.39 is 23.9 Å². The highest BCUT2D eigenvalue weighted by Crippen LogP contribution is 2.14. The molecule has 0 amide bonds. The first kappa shape index (κ1) is 17.6. The molecule has 0 saturated carbocycles. The first-order chi connectivity index (χ1) is 8.07. The van der Waals surface area contributed by atoms with Crippen molar-refractivity contribution in [3.05, 3.63) is 0 Å². The zero-order valence-corrected chi connectivity index (χ0v) is 10.5. The van der Waals surface area contributed by atoms with Crippen LogP contribution in [-0.4, -0.2) is 60.3 Å². The summed E-state index contributed by atoms with van der Waals surface area (Å²) in [6.07, 6.45) is -0.326.